The lowest BCUT2D eigenvalue weighted by Crippen LogP contribution is -2.32. The third-order valence-corrected chi connectivity index (χ3v) is 3.64. The molecule has 1 aromatic rings. The van der Waals surface area contributed by atoms with Crippen LogP contribution in [0, 0.1) is 0 Å². The number of hydrogen-bond donors (Lipinski definition) is 0. The van der Waals surface area contributed by atoms with Crippen molar-refractivity contribution < 1.29 is 0 Å². The van der Waals surface area contributed by atoms with Crippen molar-refractivity contribution in [1.82, 2.24) is 9.80 Å². The predicted octanol–water partition coefficient (Wildman–Crippen LogP) is 3.00. The molecule has 1 aliphatic rings. The minimum absolute atomic E-state index is 0.316. The number of benzene rings is 1. The zero-order chi connectivity index (χ0) is 13.0. The molecule has 1 unspecified atom stereocenters. The predicted molar refractivity (Wildman–Crippen MR) is 80.5 cm³/mol. The second kappa shape index (κ2) is 5.83. The lowest BCUT2D eigenvalue weighted by molar-refractivity contribution is 0.382. The van der Waals surface area contributed by atoms with Crippen LogP contribution in [-0.4, -0.2) is 34.5 Å². The van der Waals surface area contributed by atoms with Gasteiger partial charge in [0.2, 0.25) is 0 Å². The summed E-state index contributed by atoms with van der Waals surface area (Å²) in [6.07, 6.45) is 3.80. The quantitative estimate of drug-likeness (QED) is 0.592. The van der Waals surface area contributed by atoms with Crippen LogP contribution in [0.3, 0.4) is 0 Å². The molecular formula is C15H18N2S. The fourth-order valence-corrected chi connectivity index (χ4v) is 2.66. The van der Waals surface area contributed by atoms with Crippen molar-refractivity contribution in [2.24, 2.45) is 0 Å². The first-order chi connectivity index (χ1) is 8.77. The highest BCUT2D eigenvalue weighted by Crippen LogP contribution is 2.29. The Bertz CT molecular complexity index is 441. The summed E-state index contributed by atoms with van der Waals surface area (Å²) in [4.78, 5) is 4.41. The van der Waals surface area contributed by atoms with E-state index in [2.05, 4.69) is 47.2 Å². The summed E-state index contributed by atoms with van der Waals surface area (Å²) in [6, 6.07) is 10.8. The average Bonchev–Trinajstić information content (AvgIpc) is 2.70. The SMILES string of the molecule is C=CCN1CC(c2ccccc2)N(CC=C)C1=S. The molecule has 1 saturated heterocycles. The normalized spacial score (nSPS) is 19.1. The monoisotopic (exact) mass is 258 g/mol. The highest BCUT2D eigenvalue weighted by atomic mass is 32.1. The van der Waals surface area contributed by atoms with Gasteiger partial charge in [0, 0.05) is 19.6 Å². The third-order valence-electron chi connectivity index (χ3n) is 3.15. The molecule has 0 amide bonds. The zero-order valence-corrected chi connectivity index (χ0v) is 11.3. The number of nitrogens with zero attached hydrogens (tertiary/aromatic N) is 2. The van der Waals surface area contributed by atoms with Gasteiger partial charge in [-0.15, -0.1) is 13.2 Å². The average molecular weight is 258 g/mol. The summed E-state index contributed by atoms with van der Waals surface area (Å²) in [6.45, 7) is 10.1. The molecule has 1 fully saturated rings. The van der Waals surface area contributed by atoms with E-state index in [1.54, 1.807) is 0 Å². The minimum atomic E-state index is 0.316. The van der Waals surface area contributed by atoms with E-state index in [4.69, 9.17) is 12.2 Å². The van der Waals surface area contributed by atoms with Crippen molar-refractivity contribution >= 4 is 17.3 Å². The highest BCUT2D eigenvalue weighted by Gasteiger charge is 2.33. The van der Waals surface area contributed by atoms with Crippen LogP contribution in [0.15, 0.2) is 55.6 Å². The lowest BCUT2D eigenvalue weighted by Gasteiger charge is -2.24. The Balaban J connectivity index is 2.25. The van der Waals surface area contributed by atoms with E-state index in [-0.39, 0.29) is 0 Å². The largest absolute Gasteiger partial charge is 0.343 e. The molecule has 1 atom stereocenters. The molecular weight excluding hydrogens is 240 g/mol. The van der Waals surface area contributed by atoms with Crippen LogP contribution in [0.4, 0.5) is 0 Å². The van der Waals surface area contributed by atoms with Gasteiger partial charge in [-0.05, 0) is 17.8 Å². The van der Waals surface area contributed by atoms with Crippen molar-refractivity contribution in [1.29, 1.82) is 0 Å². The van der Waals surface area contributed by atoms with Crippen LogP contribution in [0.2, 0.25) is 0 Å². The molecule has 18 heavy (non-hydrogen) atoms. The molecule has 0 spiro atoms. The number of rotatable bonds is 5. The van der Waals surface area contributed by atoms with E-state index < -0.39 is 0 Å². The smallest absolute Gasteiger partial charge is 0.172 e. The first kappa shape index (κ1) is 12.8. The van der Waals surface area contributed by atoms with Crippen LogP contribution in [0.1, 0.15) is 11.6 Å². The van der Waals surface area contributed by atoms with Crippen molar-refractivity contribution in [2.45, 2.75) is 6.04 Å². The summed E-state index contributed by atoms with van der Waals surface area (Å²) in [5.74, 6) is 0. The summed E-state index contributed by atoms with van der Waals surface area (Å²) in [7, 11) is 0. The molecule has 0 saturated carbocycles. The molecule has 1 heterocycles. The van der Waals surface area contributed by atoms with Gasteiger partial charge in [-0.25, -0.2) is 0 Å². The first-order valence-corrected chi connectivity index (χ1v) is 6.51. The fourth-order valence-electron chi connectivity index (χ4n) is 2.31. The van der Waals surface area contributed by atoms with Gasteiger partial charge < -0.3 is 9.80 Å². The van der Waals surface area contributed by atoms with E-state index in [0.717, 1.165) is 24.7 Å². The lowest BCUT2D eigenvalue weighted by atomic mass is 10.1. The van der Waals surface area contributed by atoms with Gasteiger partial charge in [-0.1, -0.05) is 42.5 Å². The van der Waals surface area contributed by atoms with Crippen molar-refractivity contribution in [3.63, 3.8) is 0 Å². The van der Waals surface area contributed by atoms with Gasteiger partial charge in [0.05, 0.1) is 6.04 Å². The Labute approximate surface area is 114 Å². The molecule has 2 nitrogen and oxygen atoms in total. The van der Waals surface area contributed by atoms with E-state index >= 15 is 0 Å². The van der Waals surface area contributed by atoms with E-state index in [9.17, 15) is 0 Å². The van der Waals surface area contributed by atoms with Crippen molar-refractivity contribution in [3.05, 3.63) is 61.2 Å². The van der Waals surface area contributed by atoms with Crippen LogP contribution in [-0.2, 0) is 0 Å². The Morgan fingerprint density at radius 2 is 1.83 bits per heavy atom. The maximum atomic E-state index is 5.53. The van der Waals surface area contributed by atoms with Gasteiger partial charge in [0.25, 0.3) is 0 Å². The summed E-state index contributed by atoms with van der Waals surface area (Å²) >= 11 is 5.53. The van der Waals surface area contributed by atoms with E-state index in [1.165, 1.54) is 5.56 Å². The molecule has 0 bridgehead atoms. The van der Waals surface area contributed by atoms with Crippen LogP contribution < -0.4 is 0 Å². The molecule has 0 N–H and O–H groups in total. The number of thiocarbonyl (C=S) groups is 1. The minimum Gasteiger partial charge on any atom is -0.343 e. The van der Waals surface area contributed by atoms with Crippen molar-refractivity contribution in [3.8, 4) is 0 Å². The van der Waals surface area contributed by atoms with Gasteiger partial charge in [-0.3, -0.25) is 0 Å². The van der Waals surface area contributed by atoms with Crippen molar-refractivity contribution in [2.75, 3.05) is 19.6 Å². The van der Waals surface area contributed by atoms with Gasteiger partial charge in [0.15, 0.2) is 5.11 Å². The Morgan fingerprint density at radius 1 is 1.17 bits per heavy atom. The van der Waals surface area contributed by atoms with Crippen LogP contribution in [0.5, 0.6) is 0 Å². The molecule has 2 rings (SSSR count). The second-order valence-electron chi connectivity index (χ2n) is 4.34. The van der Waals surface area contributed by atoms with E-state index in [1.807, 2.05) is 18.2 Å². The maximum absolute atomic E-state index is 5.53. The Kier molecular flexibility index (Phi) is 4.15. The zero-order valence-electron chi connectivity index (χ0n) is 10.5. The first-order valence-electron chi connectivity index (χ1n) is 6.10. The van der Waals surface area contributed by atoms with Gasteiger partial charge >= 0.3 is 0 Å². The molecule has 0 aromatic heterocycles. The molecule has 1 aromatic carbocycles. The van der Waals surface area contributed by atoms with Crippen LogP contribution in [0.25, 0.3) is 0 Å². The standard InChI is InChI=1S/C15H18N2S/c1-3-10-16-12-14(13-8-6-5-7-9-13)17(11-4-2)15(16)18/h3-9,14H,1-2,10-12H2. The second-order valence-corrected chi connectivity index (χ2v) is 4.71. The Morgan fingerprint density at radius 3 is 2.44 bits per heavy atom. The topological polar surface area (TPSA) is 6.48 Å². The molecule has 0 aliphatic carbocycles. The maximum Gasteiger partial charge on any atom is 0.172 e. The summed E-state index contributed by atoms with van der Waals surface area (Å²) < 4.78 is 0. The third kappa shape index (κ3) is 2.46. The highest BCUT2D eigenvalue weighted by molar-refractivity contribution is 7.80. The van der Waals surface area contributed by atoms with E-state index in [0.29, 0.717) is 6.04 Å². The fraction of sp³-hybridized carbons (Fsp3) is 0.267. The molecule has 0 radical (unpaired) electrons. The van der Waals surface area contributed by atoms with Gasteiger partial charge in [-0.2, -0.15) is 0 Å². The molecule has 3 heteroatoms. The summed E-state index contributed by atoms with van der Waals surface area (Å²) in [5.41, 5.74) is 1.30. The number of hydrogen-bond acceptors (Lipinski definition) is 1. The molecule has 1 aliphatic heterocycles. The molecule has 94 valence electrons. The Hall–Kier alpha value is -1.61. The van der Waals surface area contributed by atoms with Crippen LogP contribution >= 0.6 is 12.2 Å². The van der Waals surface area contributed by atoms with Gasteiger partial charge in [0.1, 0.15) is 0 Å². The summed E-state index contributed by atoms with van der Waals surface area (Å²) in [5, 5.41) is 0.892.